The average molecular weight is 278 g/mol. The van der Waals surface area contributed by atoms with Crippen LogP contribution in [-0.4, -0.2) is 23.7 Å². The molecule has 1 saturated heterocycles. The SMILES string of the molecule is CCC1CC(Nc2cc(C)c([N+](=O)[O-])cc2C)CCO1. The van der Waals surface area contributed by atoms with Crippen molar-refractivity contribution in [3.63, 3.8) is 0 Å². The fraction of sp³-hybridized carbons (Fsp3) is 0.600. The second-order valence-electron chi connectivity index (χ2n) is 5.48. The first kappa shape index (κ1) is 14.8. The highest BCUT2D eigenvalue weighted by Gasteiger charge is 2.22. The number of ether oxygens (including phenoxy) is 1. The van der Waals surface area contributed by atoms with Gasteiger partial charge in [-0.15, -0.1) is 0 Å². The Morgan fingerprint density at radius 1 is 1.40 bits per heavy atom. The number of rotatable bonds is 4. The molecule has 2 rings (SSSR count). The first-order chi connectivity index (χ1) is 9.51. The van der Waals surface area contributed by atoms with Crippen LogP contribution in [0, 0.1) is 24.0 Å². The predicted molar refractivity (Wildman–Crippen MR) is 79.2 cm³/mol. The summed E-state index contributed by atoms with van der Waals surface area (Å²) in [7, 11) is 0. The van der Waals surface area contributed by atoms with Crippen LogP contribution in [0.5, 0.6) is 0 Å². The molecule has 1 aromatic carbocycles. The van der Waals surface area contributed by atoms with Crippen LogP contribution in [0.15, 0.2) is 12.1 Å². The zero-order chi connectivity index (χ0) is 14.7. The van der Waals surface area contributed by atoms with Crippen molar-refractivity contribution in [3.8, 4) is 0 Å². The summed E-state index contributed by atoms with van der Waals surface area (Å²) < 4.78 is 5.67. The Hall–Kier alpha value is -1.62. The number of anilines is 1. The number of nitrogens with one attached hydrogen (secondary N) is 1. The molecule has 1 aliphatic rings. The third kappa shape index (κ3) is 3.28. The zero-order valence-corrected chi connectivity index (χ0v) is 12.3. The number of hydrogen-bond acceptors (Lipinski definition) is 4. The Kier molecular flexibility index (Phi) is 4.60. The van der Waals surface area contributed by atoms with Crippen molar-refractivity contribution >= 4 is 11.4 Å². The van der Waals surface area contributed by atoms with Crippen molar-refractivity contribution in [2.45, 2.75) is 52.2 Å². The Bertz CT molecular complexity index is 502. The van der Waals surface area contributed by atoms with Gasteiger partial charge in [-0.1, -0.05) is 6.92 Å². The van der Waals surface area contributed by atoms with Gasteiger partial charge in [-0.3, -0.25) is 10.1 Å². The van der Waals surface area contributed by atoms with Gasteiger partial charge in [-0.25, -0.2) is 0 Å². The Balaban J connectivity index is 2.13. The number of hydrogen-bond donors (Lipinski definition) is 1. The van der Waals surface area contributed by atoms with Gasteiger partial charge in [-0.2, -0.15) is 0 Å². The number of nitrogens with zero attached hydrogens (tertiary/aromatic N) is 1. The minimum absolute atomic E-state index is 0.187. The van der Waals surface area contributed by atoms with Gasteiger partial charge in [0.1, 0.15) is 0 Å². The van der Waals surface area contributed by atoms with Crippen LogP contribution in [0.25, 0.3) is 0 Å². The molecule has 1 N–H and O–H groups in total. The second kappa shape index (κ2) is 6.22. The smallest absolute Gasteiger partial charge is 0.272 e. The van der Waals surface area contributed by atoms with Crippen LogP contribution in [0.3, 0.4) is 0 Å². The number of aryl methyl sites for hydroxylation is 2. The molecule has 5 heteroatoms. The fourth-order valence-corrected chi connectivity index (χ4v) is 2.67. The lowest BCUT2D eigenvalue weighted by molar-refractivity contribution is -0.385. The molecule has 0 aromatic heterocycles. The molecule has 2 unspecified atom stereocenters. The normalized spacial score (nSPS) is 22.6. The van der Waals surface area contributed by atoms with E-state index in [4.69, 9.17) is 4.74 Å². The molecule has 0 spiro atoms. The minimum atomic E-state index is -0.326. The molecule has 0 amide bonds. The lowest BCUT2D eigenvalue weighted by Crippen LogP contribution is -2.33. The van der Waals surface area contributed by atoms with Crippen LogP contribution in [0.1, 0.15) is 37.3 Å². The molecule has 5 nitrogen and oxygen atoms in total. The van der Waals surface area contributed by atoms with Crippen molar-refractivity contribution < 1.29 is 9.66 Å². The highest BCUT2D eigenvalue weighted by Crippen LogP contribution is 2.28. The average Bonchev–Trinajstić information content (AvgIpc) is 2.42. The van der Waals surface area contributed by atoms with E-state index >= 15 is 0 Å². The van der Waals surface area contributed by atoms with Gasteiger partial charge in [0.15, 0.2) is 0 Å². The van der Waals surface area contributed by atoms with E-state index in [1.165, 1.54) is 0 Å². The van der Waals surface area contributed by atoms with Crippen molar-refractivity contribution in [1.82, 2.24) is 0 Å². The maximum absolute atomic E-state index is 10.9. The van der Waals surface area contributed by atoms with Crippen molar-refractivity contribution in [3.05, 3.63) is 33.4 Å². The van der Waals surface area contributed by atoms with Gasteiger partial charge in [0.25, 0.3) is 5.69 Å². The van der Waals surface area contributed by atoms with E-state index in [1.807, 2.05) is 13.0 Å². The Morgan fingerprint density at radius 3 is 2.80 bits per heavy atom. The maximum Gasteiger partial charge on any atom is 0.272 e. The van der Waals surface area contributed by atoms with Crippen LogP contribution in [-0.2, 0) is 4.74 Å². The highest BCUT2D eigenvalue weighted by atomic mass is 16.6. The molecule has 0 bridgehead atoms. The van der Waals surface area contributed by atoms with E-state index in [-0.39, 0.29) is 10.6 Å². The van der Waals surface area contributed by atoms with Gasteiger partial charge in [0.05, 0.1) is 11.0 Å². The van der Waals surface area contributed by atoms with Gasteiger partial charge in [0.2, 0.25) is 0 Å². The lowest BCUT2D eigenvalue weighted by Gasteiger charge is -2.30. The van der Waals surface area contributed by atoms with Gasteiger partial charge in [0, 0.05) is 30.0 Å². The predicted octanol–water partition coefficient (Wildman–Crippen LogP) is 3.58. The molecule has 1 heterocycles. The van der Waals surface area contributed by atoms with E-state index in [0.717, 1.165) is 37.1 Å². The zero-order valence-electron chi connectivity index (χ0n) is 12.3. The second-order valence-corrected chi connectivity index (χ2v) is 5.48. The van der Waals surface area contributed by atoms with Crippen molar-refractivity contribution in [1.29, 1.82) is 0 Å². The quantitative estimate of drug-likeness (QED) is 0.675. The van der Waals surface area contributed by atoms with Crippen LogP contribution in [0.2, 0.25) is 0 Å². The number of benzene rings is 1. The van der Waals surface area contributed by atoms with Gasteiger partial charge < -0.3 is 10.1 Å². The highest BCUT2D eigenvalue weighted by molar-refractivity contribution is 5.59. The Labute approximate surface area is 119 Å². The maximum atomic E-state index is 10.9. The van der Waals surface area contributed by atoms with Gasteiger partial charge >= 0.3 is 0 Å². The monoisotopic (exact) mass is 278 g/mol. The molecule has 2 atom stereocenters. The largest absolute Gasteiger partial charge is 0.382 e. The summed E-state index contributed by atoms with van der Waals surface area (Å²) in [5, 5.41) is 14.4. The molecule has 110 valence electrons. The number of nitro benzene ring substituents is 1. The summed E-state index contributed by atoms with van der Waals surface area (Å²) in [6.45, 7) is 6.60. The molecule has 1 fully saturated rings. The molecule has 1 aliphatic heterocycles. The fourth-order valence-electron chi connectivity index (χ4n) is 2.67. The number of nitro groups is 1. The van der Waals surface area contributed by atoms with E-state index < -0.39 is 0 Å². The van der Waals surface area contributed by atoms with Crippen molar-refractivity contribution in [2.75, 3.05) is 11.9 Å². The molecule has 0 radical (unpaired) electrons. The summed E-state index contributed by atoms with van der Waals surface area (Å²) in [6, 6.07) is 3.91. The summed E-state index contributed by atoms with van der Waals surface area (Å²) in [5.41, 5.74) is 2.80. The van der Waals surface area contributed by atoms with E-state index in [1.54, 1.807) is 13.0 Å². The van der Waals surface area contributed by atoms with E-state index in [2.05, 4.69) is 12.2 Å². The van der Waals surface area contributed by atoms with E-state index in [0.29, 0.717) is 17.7 Å². The topological polar surface area (TPSA) is 64.4 Å². The molecule has 0 aliphatic carbocycles. The van der Waals surface area contributed by atoms with E-state index in [9.17, 15) is 10.1 Å². The minimum Gasteiger partial charge on any atom is -0.382 e. The van der Waals surface area contributed by atoms with Crippen LogP contribution in [0.4, 0.5) is 11.4 Å². The standard InChI is InChI=1S/C15H22N2O3/c1-4-13-9-12(5-6-20-13)16-14-7-11(3)15(17(18)19)8-10(14)2/h7-8,12-13,16H,4-6,9H2,1-3H3. The van der Waals surface area contributed by atoms with Crippen molar-refractivity contribution in [2.24, 2.45) is 0 Å². The third-order valence-electron chi connectivity index (χ3n) is 3.92. The Morgan fingerprint density at radius 2 is 2.15 bits per heavy atom. The third-order valence-corrected chi connectivity index (χ3v) is 3.92. The van der Waals surface area contributed by atoms with Crippen LogP contribution < -0.4 is 5.32 Å². The molecule has 20 heavy (non-hydrogen) atoms. The molecule has 1 aromatic rings. The summed E-state index contributed by atoms with van der Waals surface area (Å²) in [6.07, 6.45) is 3.31. The van der Waals surface area contributed by atoms with Gasteiger partial charge in [-0.05, 0) is 44.7 Å². The van der Waals surface area contributed by atoms with Crippen LogP contribution >= 0.6 is 0 Å². The lowest BCUT2D eigenvalue weighted by atomic mass is 10.00. The molecular weight excluding hydrogens is 256 g/mol. The summed E-state index contributed by atoms with van der Waals surface area (Å²) >= 11 is 0. The summed E-state index contributed by atoms with van der Waals surface area (Å²) in [4.78, 5) is 10.6. The first-order valence-electron chi connectivity index (χ1n) is 7.15. The first-order valence-corrected chi connectivity index (χ1v) is 7.15. The molecular formula is C15H22N2O3. The molecule has 0 saturated carbocycles. The summed E-state index contributed by atoms with van der Waals surface area (Å²) in [5.74, 6) is 0.